The zero-order chi connectivity index (χ0) is 15.8. The molecule has 4 nitrogen and oxygen atoms in total. The molecular weight excluding hydrogens is 264 g/mol. The number of hydrogen-bond acceptors (Lipinski definition) is 3. The summed E-state index contributed by atoms with van der Waals surface area (Å²) >= 11 is 0. The van der Waals surface area contributed by atoms with Gasteiger partial charge in [0.05, 0.1) is 11.1 Å². The maximum absolute atomic E-state index is 12.8. The van der Waals surface area contributed by atoms with Crippen LogP contribution in [0.3, 0.4) is 0 Å². The highest BCUT2D eigenvalue weighted by Gasteiger charge is 2.50. The first-order valence-electron chi connectivity index (χ1n) is 7.46. The third-order valence-electron chi connectivity index (χ3n) is 4.81. The predicted molar refractivity (Wildman–Crippen MR) is 84.0 cm³/mol. The second-order valence-corrected chi connectivity index (χ2v) is 6.35. The van der Waals surface area contributed by atoms with Crippen molar-refractivity contribution in [2.45, 2.75) is 40.2 Å². The second-order valence-electron chi connectivity index (χ2n) is 6.35. The first kappa shape index (κ1) is 15.7. The lowest BCUT2D eigenvalue weighted by Crippen LogP contribution is -2.37. The molecule has 2 rings (SSSR count). The number of nitrogens with zero attached hydrogens (tertiary/aromatic N) is 1. The van der Waals surface area contributed by atoms with E-state index in [-0.39, 0.29) is 30.2 Å². The number of hydrogen-bond donors (Lipinski definition) is 1. The van der Waals surface area contributed by atoms with Crippen LogP contribution in [-0.4, -0.2) is 18.9 Å². The number of carbonyl (C=O) groups is 2. The van der Waals surface area contributed by atoms with Gasteiger partial charge in [0.25, 0.3) is 0 Å². The third-order valence-corrected chi connectivity index (χ3v) is 4.81. The number of rotatable bonds is 4. The molecule has 1 N–H and O–H groups in total. The molecule has 1 aliphatic rings. The monoisotopic (exact) mass is 288 g/mol. The SMILES string of the molecule is CNC(C)c1ccccc1N1C(=O)CC(C)(C(C)C)C1=O. The molecule has 0 saturated carbocycles. The van der Waals surface area contributed by atoms with Crippen LogP contribution in [0, 0.1) is 11.3 Å². The molecule has 2 atom stereocenters. The van der Waals surface area contributed by atoms with E-state index in [0.29, 0.717) is 5.69 Å². The molecule has 1 aromatic carbocycles. The van der Waals surface area contributed by atoms with Gasteiger partial charge in [-0.15, -0.1) is 0 Å². The van der Waals surface area contributed by atoms with E-state index in [1.807, 2.05) is 59.0 Å². The topological polar surface area (TPSA) is 49.4 Å². The Morgan fingerprint density at radius 1 is 1.19 bits per heavy atom. The van der Waals surface area contributed by atoms with E-state index in [4.69, 9.17) is 0 Å². The summed E-state index contributed by atoms with van der Waals surface area (Å²) in [5, 5.41) is 3.17. The Morgan fingerprint density at radius 2 is 1.81 bits per heavy atom. The first-order valence-corrected chi connectivity index (χ1v) is 7.46. The molecule has 0 aliphatic carbocycles. The molecule has 1 aromatic rings. The van der Waals surface area contributed by atoms with E-state index >= 15 is 0 Å². The molecule has 0 spiro atoms. The van der Waals surface area contributed by atoms with Gasteiger partial charge in [-0.25, -0.2) is 4.90 Å². The van der Waals surface area contributed by atoms with E-state index in [0.717, 1.165) is 5.56 Å². The molecule has 0 radical (unpaired) electrons. The van der Waals surface area contributed by atoms with Crippen LogP contribution in [0.1, 0.15) is 45.7 Å². The summed E-state index contributed by atoms with van der Waals surface area (Å²) in [4.78, 5) is 26.7. The largest absolute Gasteiger partial charge is 0.313 e. The highest BCUT2D eigenvalue weighted by Crippen LogP contribution is 2.42. The average molecular weight is 288 g/mol. The fraction of sp³-hybridized carbons (Fsp3) is 0.529. The standard InChI is InChI=1S/C17H24N2O2/c1-11(2)17(4)10-15(20)19(16(17)21)14-9-7-6-8-13(14)12(3)18-5/h6-9,11-12,18H,10H2,1-5H3. The van der Waals surface area contributed by atoms with Gasteiger partial charge < -0.3 is 5.32 Å². The Morgan fingerprint density at radius 3 is 2.33 bits per heavy atom. The molecule has 1 heterocycles. The molecule has 114 valence electrons. The molecule has 1 aliphatic heterocycles. The zero-order valence-corrected chi connectivity index (χ0v) is 13.4. The molecule has 21 heavy (non-hydrogen) atoms. The van der Waals surface area contributed by atoms with Crippen molar-refractivity contribution in [1.29, 1.82) is 0 Å². The fourth-order valence-electron chi connectivity index (χ4n) is 2.75. The van der Waals surface area contributed by atoms with Gasteiger partial charge in [0.15, 0.2) is 0 Å². The lowest BCUT2D eigenvalue weighted by atomic mass is 9.78. The van der Waals surface area contributed by atoms with E-state index < -0.39 is 5.41 Å². The van der Waals surface area contributed by atoms with Crippen LogP contribution in [0.2, 0.25) is 0 Å². The number of amides is 2. The Kier molecular flexibility index (Phi) is 4.19. The van der Waals surface area contributed by atoms with Gasteiger partial charge in [-0.2, -0.15) is 0 Å². The lowest BCUT2D eigenvalue weighted by Gasteiger charge is -2.27. The lowest BCUT2D eigenvalue weighted by molar-refractivity contribution is -0.126. The predicted octanol–water partition coefficient (Wildman–Crippen LogP) is 2.89. The van der Waals surface area contributed by atoms with Crippen LogP contribution in [0.15, 0.2) is 24.3 Å². The molecule has 4 heteroatoms. The number of carbonyl (C=O) groups excluding carboxylic acids is 2. The number of benzene rings is 1. The third kappa shape index (κ3) is 2.48. The summed E-state index contributed by atoms with van der Waals surface area (Å²) in [7, 11) is 1.87. The Labute approximate surface area is 126 Å². The molecule has 1 saturated heterocycles. The van der Waals surface area contributed by atoms with Crippen LogP contribution in [-0.2, 0) is 9.59 Å². The van der Waals surface area contributed by atoms with Crippen molar-refractivity contribution in [2.75, 3.05) is 11.9 Å². The van der Waals surface area contributed by atoms with Gasteiger partial charge >= 0.3 is 0 Å². The van der Waals surface area contributed by atoms with Crippen molar-refractivity contribution in [1.82, 2.24) is 5.32 Å². The van der Waals surface area contributed by atoms with Crippen LogP contribution < -0.4 is 10.2 Å². The van der Waals surface area contributed by atoms with Crippen molar-refractivity contribution >= 4 is 17.5 Å². The van der Waals surface area contributed by atoms with Crippen molar-refractivity contribution < 1.29 is 9.59 Å². The summed E-state index contributed by atoms with van der Waals surface area (Å²) in [6.45, 7) is 7.90. The van der Waals surface area contributed by atoms with Crippen LogP contribution in [0.4, 0.5) is 5.69 Å². The summed E-state index contributed by atoms with van der Waals surface area (Å²) in [5.41, 5.74) is 1.07. The number of anilines is 1. The number of imide groups is 1. The van der Waals surface area contributed by atoms with Gasteiger partial charge in [0.2, 0.25) is 11.8 Å². The van der Waals surface area contributed by atoms with Gasteiger partial charge in [-0.1, -0.05) is 32.0 Å². The summed E-state index contributed by atoms with van der Waals surface area (Å²) in [6, 6.07) is 7.69. The highest BCUT2D eigenvalue weighted by atomic mass is 16.2. The minimum atomic E-state index is -0.604. The van der Waals surface area contributed by atoms with Crippen LogP contribution in [0.25, 0.3) is 0 Å². The molecule has 0 bridgehead atoms. The second kappa shape index (κ2) is 5.60. The zero-order valence-electron chi connectivity index (χ0n) is 13.4. The quantitative estimate of drug-likeness (QED) is 0.867. The normalized spacial score (nSPS) is 24.0. The first-order chi connectivity index (χ1) is 9.82. The van der Waals surface area contributed by atoms with Gasteiger partial charge in [0, 0.05) is 12.5 Å². The van der Waals surface area contributed by atoms with E-state index in [1.54, 1.807) is 0 Å². The number of nitrogens with one attached hydrogen (secondary N) is 1. The van der Waals surface area contributed by atoms with Crippen molar-refractivity contribution in [3.63, 3.8) is 0 Å². The molecule has 2 unspecified atom stereocenters. The summed E-state index contributed by atoms with van der Waals surface area (Å²) in [5.74, 6) is -0.0574. The molecule has 2 amide bonds. The van der Waals surface area contributed by atoms with Gasteiger partial charge in [-0.05, 0) is 38.4 Å². The van der Waals surface area contributed by atoms with E-state index in [1.165, 1.54) is 4.90 Å². The summed E-state index contributed by atoms with van der Waals surface area (Å²) in [6.07, 6.45) is 0.284. The van der Waals surface area contributed by atoms with Gasteiger partial charge in [-0.3, -0.25) is 9.59 Å². The Balaban J connectivity index is 2.48. The van der Waals surface area contributed by atoms with Crippen LogP contribution in [0.5, 0.6) is 0 Å². The molecule has 0 aromatic heterocycles. The van der Waals surface area contributed by atoms with Crippen LogP contribution >= 0.6 is 0 Å². The fourth-order valence-corrected chi connectivity index (χ4v) is 2.75. The molecule has 1 fully saturated rings. The average Bonchev–Trinajstić information content (AvgIpc) is 2.69. The van der Waals surface area contributed by atoms with E-state index in [9.17, 15) is 9.59 Å². The number of para-hydroxylation sites is 1. The smallest absolute Gasteiger partial charge is 0.240 e. The van der Waals surface area contributed by atoms with E-state index in [2.05, 4.69) is 5.32 Å². The summed E-state index contributed by atoms with van der Waals surface area (Å²) < 4.78 is 0. The Hall–Kier alpha value is -1.68. The minimum absolute atomic E-state index is 0.0766. The Bertz CT molecular complexity index is 568. The minimum Gasteiger partial charge on any atom is -0.313 e. The maximum Gasteiger partial charge on any atom is 0.240 e. The van der Waals surface area contributed by atoms with Crippen molar-refractivity contribution in [2.24, 2.45) is 11.3 Å². The van der Waals surface area contributed by atoms with Crippen molar-refractivity contribution in [3.05, 3.63) is 29.8 Å². The highest BCUT2D eigenvalue weighted by molar-refractivity contribution is 6.22. The maximum atomic E-state index is 12.8. The van der Waals surface area contributed by atoms with Crippen molar-refractivity contribution in [3.8, 4) is 0 Å². The van der Waals surface area contributed by atoms with Gasteiger partial charge in [0.1, 0.15) is 0 Å². The molecular formula is C17H24N2O2.